The third-order valence-corrected chi connectivity index (χ3v) is 5.60. The molecule has 2 unspecified atom stereocenters. The molecule has 0 aromatic carbocycles. The first-order valence-corrected chi connectivity index (χ1v) is 6.00. The van der Waals surface area contributed by atoms with E-state index in [0.717, 1.165) is 23.2 Å². The van der Waals surface area contributed by atoms with Crippen LogP contribution in [0, 0.1) is 28.6 Å². The monoisotopic (exact) mass is 178 g/mol. The van der Waals surface area contributed by atoms with Gasteiger partial charge < -0.3 is 0 Å². The van der Waals surface area contributed by atoms with E-state index in [1.54, 1.807) is 19.3 Å². The topological polar surface area (TPSA) is 0 Å². The number of hydrogen-bond donors (Lipinski definition) is 0. The average molecular weight is 178 g/mol. The zero-order valence-corrected chi connectivity index (χ0v) is 9.27. The van der Waals surface area contributed by atoms with Crippen LogP contribution >= 0.6 is 0 Å². The summed E-state index contributed by atoms with van der Waals surface area (Å²) >= 11 is 0. The highest BCUT2D eigenvalue weighted by molar-refractivity contribution is 5.06. The molecule has 4 bridgehead atoms. The molecule has 4 aliphatic carbocycles. The average Bonchev–Trinajstić information content (AvgIpc) is 1.97. The van der Waals surface area contributed by atoms with Crippen molar-refractivity contribution in [1.29, 1.82) is 0 Å². The second-order valence-corrected chi connectivity index (χ2v) is 6.98. The van der Waals surface area contributed by atoms with Crippen LogP contribution in [0.15, 0.2) is 0 Å². The molecule has 4 fully saturated rings. The molecule has 0 radical (unpaired) electrons. The molecule has 0 aromatic heterocycles. The van der Waals surface area contributed by atoms with Gasteiger partial charge in [-0.05, 0) is 60.7 Å². The molecule has 13 heavy (non-hydrogen) atoms. The van der Waals surface area contributed by atoms with E-state index >= 15 is 0 Å². The highest BCUT2D eigenvalue weighted by Gasteiger charge is 2.56. The largest absolute Gasteiger partial charge is 0.0596 e. The van der Waals surface area contributed by atoms with Crippen molar-refractivity contribution in [2.75, 3.05) is 0 Å². The summed E-state index contributed by atoms with van der Waals surface area (Å²) in [5.41, 5.74) is 1.43. The van der Waals surface area contributed by atoms with Crippen LogP contribution in [0.5, 0.6) is 0 Å². The number of rotatable bonds is 0. The summed E-state index contributed by atoms with van der Waals surface area (Å²) in [5, 5.41) is 0. The Hall–Kier alpha value is 0. The summed E-state index contributed by atoms with van der Waals surface area (Å²) in [4.78, 5) is 0. The van der Waals surface area contributed by atoms with Crippen molar-refractivity contribution < 1.29 is 0 Å². The minimum Gasteiger partial charge on any atom is -0.0596 e. The Morgan fingerprint density at radius 2 is 1.38 bits per heavy atom. The molecule has 0 aromatic rings. The Balaban J connectivity index is 1.99. The molecule has 0 N–H and O–H groups in total. The van der Waals surface area contributed by atoms with E-state index in [-0.39, 0.29) is 0 Å². The molecule has 4 aliphatic rings. The van der Waals surface area contributed by atoms with Crippen molar-refractivity contribution in [1.82, 2.24) is 0 Å². The Kier molecular flexibility index (Phi) is 1.37. The molecule has 74 valence electrons. The van der Waals surface area contributed by atoms with Gasteiger partial charge in [-0.25, -0.2) is 0 Å². The molecular weight excluding hydrogens is 156 g/mol. The van der Waals surface area contributed by atoms with Crippen LogP contribution in [-0.4, -0.2) is 0 Å². The summed E-state index contributed by atoms with van der Waals surface area (Å²) in [6, 6.07) is 0. The summed E-state index contributed by atoms with van der Waals surface area (Å²) in [6.07, 6.45) is 7.73. The molecule has 0 nitrogen and oxygen atoms in total. The molecule has 0 heteroatoms. The zero-order chi connectivity index (χ0) is 9.27. The van der Waals surface area contributed by atoms with E-state index in [2.05, 4.69) is 20.8 Å². The first-order chi connectivity index (χ1) is 6.00. The molecule has 0 saturated heterocycles. The van der Waals surface area contributed by atoms with Crippen LogP contribution in [-0.2, 0) is 0 Å². The summed E-state index contributed by atoms with van der Waals surface area (Å²) in [5.74, 6) is 3.23. The van der Waals surface area contributed by atoms with Crippen LogP contribution in [0.2, 0.25) is 0 Å². The lowest BCUT2D eigenvalue weighted by atomic mass is 9.42. The van der Waals surface area contributed by atoms with Gasteiger partial charge in [0.05, 0.1) is 0 Å². The number of hydrogen-bond acceptors (Lipinski definition) is 0. The highest BCUT2D eigenvalue weighted by atomic mass is 14.6. The second-order valence-electron chi connectivity index (χ2n) is 6.98. The maximum absolute atomic E-state index is 2.55. The molecular formula is C13H22. The van der Waals surface area contributed by atoms with Gasteiger partial charge >= 0.3 is 0 Å². The predicted octanol–water partition coefficient (Wildman–Crippen LogP) is 3.86. The van der Waals surface area contributed by atoms with Crippen LogP contribution in [0.25, 0.3) is 0 Å². The molecule has 2 atom stereocenters. The van der Waals surface area contributed by atoms with Crippen LogP contribution in [0.1, 0.15) is 52.9 Å². The lowest BCUT2D eigenvalue weighted by Crippen LogP contribution is -2.53. The van der Waals surface area contributed by atoms with Gasteiger partial charge in [-0.15, -0.1) is 0 Å². The van der Waals surface area contributed by atoms with Gasteiger partial charge in [0, 0.05) is 0 Å². The first-order valence-electron chi connectivity index (χ1n) is 6.00. The highest BCUT2D eigenvalue weighted by Crippen LogP contribution is 2.66. The fourth-order valence-electron chi connectivity index (χ4n) is 4.84. The van der Waals surface area contributed by atoms with E-state index in [1.807, 2.05) is 0 Å². The SMILES string of the molecule is CC12CC3CC(C1)C(C)(C)C(C3)C2. The lowest BCUT2D eigenvalue weighted by Gasteiger charge is -2.63. The van der Waals surface area contributed by atoms with Gasteiger partial charge in [0.1, 0.15) is 0 Å². The minimum atomic E-state index is 0.677. The van der Waals surface area contributed by atoms with Gasteiger partial charge in [-0.3, -0.25) is 0 Å². The standard InChI is InChI=1S/C13H22/c1-12(2)10-4-9-5-11(12)8-13(3,6-9)7-10/h9-11H,4-8H2,1-3H3. The van der Waals surface area contributed by atoms with Crippen LogP contribution < -0.4 is 0 Å². The fraction of sp³-hybridized carbons (Fsp3) is 1.00. The van der Waals surface area contributed by atoms with Gasteiger partial charge in [-0.2, -0.15) is 0 Å². The molecule has 4 saturated carbocycles. The van der Waals surface area contributed by atoms with Crippen molar-refractivity contribution >= 4 is 0 Å². The van der Waals surface area contributed by atoms with Crippen LogP contribution in [0.3, 0.4) is 0 Å². The summed E-state index contributed by atoms with van der Waals surface area (Å²) < 4.78 is 0. The van der Waals surface area contributed by atoms with Gasteiger partial charge in [-0.1, -0.05) is 20.8 Å². The third kappa shape index (κ3) is 0.980. The summed E-state index contributed by atoms with van der Waals surface area (Å²) in [7, 11) is 0. The minimum absolute atomic E-state index is 0.677. The Morgan fingerprint density at radius 1 is 0.846 bits per heavy atom. The van der Waals surface area contributed by atoms with E-state index in [4.69, 9.17) is 0 Å². The van der Waals surface area contributed by atoms with Crippen molar-refractivity contribution in [2.45, 2.75) is 52.9 Å². The van der Waals surface area contributed by atoms with Gasteiger partial charge in [0.25, 0.3) is 0 Å². The Labute approximate surface area is 82.1 Å². The van der Waals surface area contributed by atoms with E-state index in [0.29, 0.717) is 5.41 Å². The molecule has 0 aliphatic heterocycles. The van der Waals surface area contributed by atoms with E-state index < -0.39 is 0 Å². The van der Waals surface area contributed by atoms with E-state index in [9.17, 15) is 0 Å². The normalized spacial score (nSPS) is 57.0. The Morgan fingerprint density at radius 3 is 1.85 bits per heavy atom. The maximum atomic E-state index is 2.55. The van der Waals surface area contributed by atoms with Crippen molar-refractivity contribution in [3.8, 4) is 0 Å². The quantitative estimate of drug-likeness (QED) is 0.528. The van der Waals surface area contributed by atoms with Crippen molar-refractivity contribution in [3.63, 3.8) is 0 Å². The molecule has 0 amide bonds. The molecule has 0 spiro atoms. The third-order valence-electron chi connectivity index (χ3n) is 5.60. The predicted molar refractivity (Wildman–Crippen MR) is 55.4 cm³/mol. The molecule has 4 rings (SSSR count). The lowest BCUT2D eigenvalue weighted by molar-refractivity contribution is -0.128. The van der Waals surface area contributed by atoms with Crippen LogP contribution in [0.4, 0.5) is 0 Å². The first kappa shape index (κ1) is 8.32. The second kappa shape index (κ2) is 2.15. The van der Waals surface area contributed by atoms with Gasteiger partial charge in [0.2, 0.25) is 0 Å². The van der Waals surface area contributed by atoms with Crippen molar-refractivity contribution in [2.24, 2.45) is 28.6 Å². The summed E-state index contributed by atoms with van der Waals surface area (Å²) in [6.45, 7) is 7.61. The fourth-order valence-corrected chi connectivity index (χ4v) is 4.84. The van der Waals surface area contributed by atoms with Crippen molar-refractivity contribution in [3.05, 3.63) is 0 Å². The Bertz CT molecular complexity index is 220. The van der Waals surface area contributed by atoms with E-state index in [1.165, 1.54) is 12.8 Å². The van der Waals surface area contributed by atoms with Gasteiger partial charge in [0.15, 0.2) is 0 Å². The molecule has 0 heterocycles. The smallest absolute Gasteiger partial charge is 0.0297 e. The maximum Gasteiger partial charge on any atom is -0.0297 e. The zero-order valence-electron chi connectivity index (χ0n) is 9.27.